The molecule has 1 amide bonds. The van der Waals surface area contributed by atoms with E-state index in [-0.39, 0.29) is 11.4 Å². The Morgan fingerprint density at radius 1 is 1.05 bits per heavy atom. The van der Waals surface area contributed by atoms with Gasteiger partial charge in [-0.1, -0.05) is 48.2 Å². The minimum absolute atomic E-state index is 0.100. The van der Waals surface area contributed by atoms with E-state index >= 15 is 0 Å². The summed E-state index contributed by atoms with van der Waals surface area (Å²) in [6.45, 7) is 1.86. The van der Waals surface area contributed by atoms with Gasteiger partial charge in [-0.25, -0.2) is 19.5 Å². The summed E-state index contributed by atoms with van der Waals surface area (Å²) in [6, 6.07) is 16.7. The van der Waals surface area contributed by atoms with E-state index in [1.54, 1.807) is 29.3 Å². The number of aryl methyl sites for hydroxylation is 1. The minimum atomic E-state index is -0.507. The van der Waals surface area contributed by atoms with E-state index in [1.807, 2.05) is 68.7 Å². The highest BCUT2D eigenvalue weighted by Crippen LogP contribution is 2.29. The van der Waals surface area contributed by atoms with Crippen molar-refractivity contribution in [1.29, 1.82) is 0 Å². The fourth-order valence-corrected chi connectivity index (χ4v) is 4.39. The zero-order valence-electron chi connectivity index (χ0n) is 21.2. The largest absolute Gasteiger partial charge is 0.381 e. The monoisotopic (exact) mass is 513 g/mol. The Labute approximate surface area is 223 Å². The molecule has 0 fully saturated rings. The number of hydrogen-bond donors (Lipinski definition) is 2. The van der Waals surface area contributed by atoms with Crippen molar-refractivity contribution in [2.45, 2.75) is 13.0 Å². The first kappa shape index (κ1) is 23.8. The summed E-state index contributed by atoms with van der Waals surface area (Å²) in [5, 5.41) is 11.4. The fraction of sp³-hybridized carbons (Fsp3) is 0.103. The van der Waals surface area contributed by atoms with Crippen LogP contribution in [0.15, 0.2) is 79.4 Å². The molecule has 1 atom stereocenters. The van der Waals surface area contributed by atoms with Gasteiger partial charge in [0.1, 0.15) is 11.1 Å². The van der Waals surface area contributed by atoms with E-state index in [9.17, 15) is 4.79 Å². The number of hydrogen-bond acceptors (Lipinski definition) is 7. The van der Waals surface area contributed by atoms with Gasteiger partial charge in [-0.3, -0.25) is 9.48 Å². The molecule has 0 aliphatic heterocycles. The Hall–Kier alpha value is -5.56. The first-order valence-corrected chi connectivity index (χ1v) is 12.2. The number of amides is 1. The van der Waals surface area contributed by atoms with E-state index < -0.39 is 11.9 Å². The van der Waals surface area contributed by atoms with Crippen molar-refractivity contribution in [2.75, 3.05) is 5.73 Å². The van der Waals surface area contributed by atoms with Crippen LogP contribution in [0.25, 0.3) is 27.9 Å². The molecule has 0 saturated carbocycles. The average molecular weight is 514 g/mol. The van der Waals surface area contributed by atoms with Gasteiger partial charge in [-0.15, -0.1) is 5.10 Å². The SMILES string of the molecule is CC(NC(=O)c1c(N)nn2cccnc12)c1nc2cccc(C#Cc3cnn(C)c3)c2nc1-c1ccccc1. The van der Waals surface area contributed by atoms with Crippen LogP contribution in [0.5, 0.6) is 0 Å². The quantitative estimate of drug-likeness (QED) is 0.345. The van der Waals surface area contributed by atoms with Crippen LogP contribution in [0, 0.1) is 11.8 Å². The summed E-state index contributed by atoms with van der Waals surface area (Å²) < 4.78 is 3.19. The molecule has 6 aromatic rings. The number of carbonyl (C=O) groups excluding carboxylic acids is 1. The Morgan fingerprint density at radius 2 is 1.90 bits per heavy atom. The van der Waals surface area contributed by atoms with Crippen molar-refractivity contribution < 1.29 is 4.79 Å². The maximum Gasteiger partial charge on any atom is 0.259 e. The van der Waals surface area contributed by atoms with Crippen LogP contribution in [-0.4, -0.2) is 40.3 Å². The molecule has 190 valence electrons. The van der Waals surface area contributed by atoms with E-state index in [4.69, 9.17) is 15.7 Å². The molecular weight excluding hydrogens is 490 g/mol. The molecule has 0 aliphatic carbocycles. The highest BCUT2D eigenvalue weighted by atomic mass is 16.1. The van der Waals surface area contributed by atoms with Gasteiger partial charge >= 0.3 is 0 Å². The molecule has 0 aliphatic rings. The summed E-state index contributed by atoms with van der Waals surface area (Å²) in [5.74, 6) is 6.06. The number of nitrogen functional groups attached to an aromatic ring is 1. The summed E-state index contributed by atoms with van der Waals surface area (Å²) in [7, 11) is 1.85. The number of benzene rings is 2. The Morgan fingerprint density at radius 3 is 2.69 bits per heavy atom. The van der Waals surface area contributed by atoms with Gasteiger partial charge in [0, 0.05) is 31.2 Å². The summed E-state index contributed by atoms with van der Waals surface area (Å²) in [6.07, 6.45) is 6.85. The van der Waals surface area contributed by atoms with Crippen LogP contribution in [-0.2, 0) is 7.05 Å². The third-order valence-electron chi connectivity index (χ3n) is 6.22. The molecule has 39 heavy (non-hydrogen) atoms. The molecule has 0 radical (unpaired) electrons. The molecule has 10 heteroatoms. The highest BCUT2D eigenvalue weighted by molar-refractivity contribution is 6.04. The summed E-state index contributed by atoms with van der Waals surface area (Å²) in [5.41, 5.74) is 11.7. The third-order valence-corrected chi connectivity index (χ3v) is 6.22. The zero-order chi connectivity index (χ0) is 26.9. The Balaban J connectivity index is 1.43. The predicted molar refractivity (Wildman–Crippen MR) is 147 cm³/mol. The molecule has 10 nitrogen and oxygen atoms in total. The molecule has 1 unspecified atom stereocenters. The molecule has 0 saturated heterocycles. The number of anilines is 1. The molecule has 2 aromatic carbocycles. The Kier molecular flexibility index (Phi) is 5.93. The first-order valence-electron chi connectivity index (χ1n) is 12.2. The topological polar surface area (TPSA) is 129 Å². The maximum atomic E-state index is 13.4. The third kappa shape index (κ3) is 4.53. The predicted octanol–water partition coefficient (Wildman–Crippen LogP) is 3.55. The van der Waals surface area contributed by atoms with Gasteiger partial charge in [0.15, 0.2) is 11.5 Å². The van der Waals surface area contributed by atoms with Crippen molar-refractivity contribution in [3.8, 4) is 23.1 Å². The molecule has 4 aromatic heterocycles. The summed E-state index contributed by atoms with van der Waals surface area (Å²) in [4.78, 5) is 27.6. The van der Waals surface area contributed by atoms with Crippen molar-refractivity contribution >= 4 is 28.4 Å². The van der Waals surface area contributed by atoms with Crippen molar-refractivity contribution in [3.05, 3.63) is 102 Å². The fourth-order valence-electron chi connectivity index (χ4n) is 4.39. The number of fused-ring (bicyclic) bond motifs is 2. The van der Waals surface area contributed by atoms with Crippen molar-refractivity contribution in [3.63, 3.8) is 0 Å². The van der Waals surface area contributed by atoms with E-state index in [1.165, 1.54) is 4.52 Å². The van der Waals surface area contributed by atoms with Crippen LogP contribution in [0.3, 0.4) is 0 Å². The molecule has 0 bridgehead atoms. The number of aromatic nitrogens is 7. The van der Waals surface area contributed by atoms with E-state index in [0.717, 1.165) is 16.7 Å². The number of nitrogens with one attached hydrogen (secondary N) is 1. The van der Waals surface area contributed by atoms with Gasteiger partial charge in [-0.2, -0.15) is 5.10 Å². The normalized spacial score (nSPS) is 11.7. The van der Waals surface area contributed by atoms with Crippen LogP contribution in [0.2, 0.25) is 0 Å². The van der Waals surface area contributed by atoms with Crippen LogP contribution in [0.1, 0.15) is 40.1 Å². The van der Waals surface area contributed by atoms with E-state index in [2.05, 4.69) is 32.3 Å². The van der Waals surface area contributed by atoms with Crippen molar-refractivity contribution in [2.24, 2.45) is 7.05 Å². The molecule has 3 N–H and O–H groups in total. The number of nitrogens with zero attached hydrogens (tertiary/aromatic N) is 7. The van der Waals surface area contributed by atoms with Gasteiger partial charge in [0.25, 0.3) is 5.91 Å². The second kappa shape index (κ2) is 9.72. The van der Waals surface area contributed by atoms with Gasteiger partial charge in [-0.05, 0) is 25.1 Å². The van der Waals surface area contributed by atoms with Crippen LogP contribution in [0.4, 0.5) is 5.82 Å². The highest BCUT2D eigenvalue weighted by Gasteiger charge is 2.24. The van der Waals surface area contributed by atoms with Gasteiger partial charge in [0.2, 0.25) is 0 Å². The maximum absolute atomic E-state index is 13.4. The molecular formula is C29H23N9O. The lowest BCUT2D eigenvalue weighted by Crippen LogP contribution is -2.28. The first-order chi connectivity index (χ1) is 19.0. The van der Waals surface area contributed by atoms with Crippen LogP contribution >= 0.6 is 0 Å². The second-order valence-electron chi connectivity index (χ2n) is 8.99. The lowest BCUT2D eigenvalue weighted by Gasteiger charge is -2.18. The van der Waals surface area contributed by atoms with Crippen molar-refractivity contribution in [1.82, 2.24) is 39.7 Å². The Bertz CT molecular complexity index is 1910. The van der Waals surface area contributed by atoms with Gasteiger partial charge < -0.3 is 11.1 Å². The second-order valence-corrected chi connectivity index (χ2v) is 8.99. The lowest BCUT2D eigenvalue weighted by molar-refractivity contribution is 0.0941. The van der Waals surface area contributed by atoms with Crippen LogP contribution < -0.4 is 11.1 Å². The molecule has 0 spiro atoms. The standard InChI is InChI=1S/C29H23N9O/c1-18(33-29(39)23-27(30)36-38-15-7-14-31-28(23)38)24-26(20-8-4-3-5-9-20)35-25-21(10-6-11-22(25)34-24)13-12-19-16-32-37(2)17-19/h3-11,14-18H,1-2H3,(H2,30,36)(H,33,39). The minimum Gasteiger partial charge on any atom is -0.381 e. The summed E-state index contributed by atoms with van der Waals surface area (Å²) >= 11 is 0. The number of rotatable bonds is 4. The number of nitrogens with two attached hydrogens (primary N) is 1. The van der Waals surface area contributed by atoms with Gasteiger partial charge in [0.05, 0.1) is 40.3 Å². The lowest BCUT2D eigenvalue weighted by atomic mass is 10.0. The number of para-hydroxylation sites is 1. The molecule has 4 heterocycles. The van der Waals surface area contributed by atoms with E-state index in [0.29, 0.717) is 28.1 Å². The smallest absolute Gasteiger partial charge is 0.259 e. The number of carbonyl (C=O) groups is 1. The molecule has 6 rings (SSSR count). The zero-order valence-corrected chi connectivity index (χ0v) is 21.2. The average Bonchev–Trinajstić information content (AvgIpc) is 3.52.